The molecule has 0 spiro atoms. The number of rotatable bonds is 7. The Morgan fingerprint density at radius 2 is 2.00 bits per heavy atom. The number of nitrogens with two attached hydrogens (primary N) is 1. The van der Waals surface area contributed by atoms with Gasteiger partial charge in [0.1, 0.15) is 0 Å². The first-order valence-corrected chi connectivity index (χ1v) is 5.24. The zero-order chi connectivity index (χ0) is 10.1. The van der Waals surface area contributed by atoms with Crippen LogP contribution in [0.1, 0.15) is 39.5 Å². The first-order chi connectivity index (χ1) is 6.26. The summed E-state index contributed by atoms with van der Waals surface area (Å²) in [7, 11) is 0. The molecular formula is C10H22N2O. The number of nitrogens with zero attached hydrogens (tertiary/aromatic N) is 1. The highest BCUT2D eigenvalue weighted by Crippen LogP contribution is 2.02. The fourth-order valence-corrected chi connectivity index (χ4v) is 1.30. The van der Waals surface area contributed by atoms with E-state index in [0.717, 1.165) is 25.8 Å². The van der Waals surface area contributed by atoms with Crippen LogP contribution in [0.15, 0.2) is 0 Å². The highest BCUT2D eigenvalue weighted by molar-refractivity contribution is 5.76. The van der Waals surface area contributed by atoms with Gasteiger partial charge in [-0.25, -0.2) is 0 Å². The molecule has 0 aromatic carbocycles. The summed E-state index contributed by atoms with van der Waals surface area (Å²) in [5.74, 6) is 0.251. The van der Waals surface area contributed by atoms with Gasteiger partial charge in [-0.3, -0.25) is 4.79 Å². The lowest BCUT2D eigenvalue weighted by molar-refractivity contribution is -0.131. The van der Waals surface area contributed by atoms with Crippen molar-refractivity contribution in [1.29, 1.82) is 0 Å². The molecule has 0 aromatic rings. The normalized spacial score (nSPS) is 10.1. The molecule has 0 radical (unpaired) electrons. The van der Waals surface area contributed by atoms with Crippen molar-refractivity contribution in [2.45, 2.75) is 39.5 Å². The molecule has 0 atom stereocenters. The number of hydrogen-bond donors (Lipinski definition) is 1. The van der Waals surface area contributed by atoms with Crippen LogP contribution in [-0.4, -0.2) is 30.4 Å². The molecule has 0 aromatic heterocycles. The second-order valence-corrected chi connectivity index (χ2v) is 3.22. The summed E-state index contributed by atoms with van der Waals surface area (Å²) >= 11 is 0. The van der Waals surface area contributed by atoms with E-state index >= 15 is 0 Å². The Bertz CT molecular complexity index is 137. The Labute approximate surface area is 81.3 Å². The molecule has 3 nitrogen and oxygen atoms in total. The number of amides is 1. The van der Waals surface area contributed by atoms with E-state index in [0.29, 0.717) is 19.5 Å². The van der Waals surface area contributed by atoms with Crippen LogP contribution in [0.5, 0.6) is 0 Å². The molecule has 78 valence electrons. The standard InChI is InChI=1S/C10H22N2O/c1-3-5-6-7-10(13)12(4-2)9-8-11/h3-9,11H2,1-2H3. The molecule has 0 unspecified atom stereocenters. The molecule has 0 bridgehead atoms. The molecule has 0 aliphatic rings. The Morgan fingerprint density at radius 1 is 1.31 bits per heavy atom. The molecule has 3 heteroatoms. The molecule has 0 aliphatic heterocycles. The van der Waals surface area contributed by atoms with Gasteiger partial charge < -0.3 is 10.6 Å². The maximum atomic E-state index is 11.5. The molecule has 0 aliphatic carbocycles. The number of carbonyl (C=O) groups excluding carboxylic acids is 1. The first kappa shape index (κ1) is 12.4. The van der Waals surface area contributed by atoms with E-state index in [9.17, 15) is 4.79 Å². The average molecular weight is 186 g/mol. The van der Waals surface area contributed by atoms with Crippen LogP contribution in [-0.2, 0) is 4.79 Å². The minimum Gasteiger partial charge on any atom is -0.342 e. The maximum absolute atomic E-state index is 11.5. The van der Waals surface area contributed by atoms with Crippen LogP contribution < -0.4 is 5.73 Å². The molecular weight excluding hydrogens is 164 g/mol. The number of hydrogen-bond acceptors (Lipinski definition) is 2. The van der Waals surface area contributed by atoms with E-state index in [-0.39, 0.29) is 5.91 Å². The smallest absolute Gasteiger partial charge is 0.222 e. The maximum Gasteiger partial charge on any atom is 0.222 e. The molecule has 0 rings (SSSR count). The van der Waals surface area contributed by atoms with Crippen LogP contribution >= 0.6 is 0 Å². The van der Waals surface area contributed by atoms with Gasteiger partial charge in [-0.1, -0.05) is 19.8 Å². The topological polar surface area (TPSA) is 46.3 Å². The zero-order valence-electron chi connectivity index (χ0n) is 8.88. The van der Waals surface area contributed by atoms with Crippen LogP contribution in [0.25, 0.3) is 0 Å². The van der Waals surface area contributed by atoms with Crippen LogP contribution in [0.4, 0.5) is 0 Å². The van der Waals surface area contributed by atoms with Gasteiger partial charge >= 0.3 is 0 Å². The highest BCUT2D eigenvalue weighted by Gasteiger charge is 2.08. The van der Waals surface area contributed by atoms with Gasteiger partial charge in [0.15, 0.2) is 0 Å². The van der Waals surface area contributed by atoms with Gasteiger partial charge in [0, 0.05) is 26.1 Å². The molecule has 2 N–H and O–H groups in total. The summed E-state index contributed by atoms with van der Waals surface area (Å²) in [6.07, 6.45) is 4.00. The zero-order valence-corrected chi connectivity index (χ0v) is 8.88. The summed E-state index contributed by atoms with van der Waals surface area (Å²) in [5, 5.41) is 0. The van der Waals surface area contributed by atoms with Crippen molar-refractivity contribution < 1.29 is 4.79 Å². The third-order valence-electron chi connectivity index (χ3n) is 2.13. The highest BCUT2D eigenvalue weighted by atomic mass is 16.2. The Kier molecular flexibility index (Phi) is 7.69. The van der Waals surface area contributed by atoms with E-state index in [4.69, 9.17) is 5.73 Å². The monoisotopic (exact) mass is 186 g/mol. The van der Waals surface area contributed by atoms with Crippen molar-refractivity contribution in [2.24, 2.45) is 5.73 Å². The molecule has 0 saturated carbocycles. The summed E-state index contributed by atoms with van der Waals surface area (Å²) in [6.45, 7) is 6.17. The van der Waals surface area contributed by atoms with Crippen molar-refractivity contribution in [3.05, 3.63) is 0 Å². The summed E-state index contributed by atoms with van der Waals surface area (Å²) in [5.41, 5.74) is 5.40. The van der Waals surface area contributed by atoms with Crippen LogP contribution in [0.3, 0.4) is 0 Å². The van der Waals surface area contributed by atoms with Crippen molar-refractivity contribution in [2.75, 3.05) is 19.6 Å². The largest absolute Gasteiger partial charge is 0.342 e. The van der Waals surface area contributed by atoms with E-state index in [1.165, 1.54) is 0 Å². The molecule has 0 fully saturated rings. The first-order valence-electron chi connectivity index (χ1n) is 5.24. The summed E-state index contributed by atoms with van der Waals surface area (Å²) < 4.78 is 0. The quantitative estimate of drug-likeness (QED) is 0.610. The van der Waals surface area contributed by atoms with Gasteiger partial charge in [-0.05, 0) is 13.3 Å². The lowest BCUT2D eigenvalue weighted by Gasteiger charge is -2.19. The number of unbranched alkanes of at least 4 members (excludes halogenated alkanes) is 2. The summed E-state index contributed by atoms with van der Waals surface area (Å²) in [6, 6.07) is 0. The van der Waals surface area contributed by atoms with Crippen molar-refractivity contribution >= 4 is 5.91 Å². The summed E-state index contributed by atoms with van der Waals surface area (Å²) in [4.78, 5) is 13.3. The average Bonchev–Trinajstić information content (AvgIpc) is 2.14. The van der Waals surface area contributed by atoms with E-state index in [2.05, 4.69) is 6.92 Å². The van der Waals surface area contributed by atoms with E-state index < -0.39 is 0 Å². The van der Waals surface area contributed by atoms with Gasteiger partial charge in [-0.2, -0.15) is 0 Å². The Balaban J connectivity index is 3.64. The van der Waals surface area contributed by atoms with Crippen molar-refractivity contribution in [3.8, 4) is 0 Å². The van der Waals surface area contributed by atoms with Crippen LogP contribution in [0, 0.1) is 0 Å². The number of carbonyl (C=O) groups is 1. The van der Waals surface area contributed by atoms with Gasteiger partial charge in [0.25, 0.3) is 0 Å². The lowest BCUT2D eigenvalue weighted by atomic mass is 10.2. The molecule has 1 amide bonds. The minimum absolute atomic E-state index is 0.251. The fourth-order valence-electron chi connectivity index (χ4n) is 1.30. The molecule has 13 heavy (non-hydrogen) atoms. The third-order valence-corrected chi connectivity index (χ3v) is 2.13. The molecule has 0 heterocycles. The Morgan fingerprint density at radius 3 is 2.46 bits per heavy atom. The second-order valence-electron chi connectivity index (χ2n) is 3.22. The van der Waals surface area contributed by atoms with Crippen molar-refractivity contribution in [1.82, 2.24) is 4.90 Å². The van der Waals surface area contributed by atoms with Gasteiger partial charge in [0.2, 0.25) is 5.91 Å². The predicted molar refractivity (Wildman–Crippen MR) is 55.5 cm³/mol. The van der Waals surface area contributed by atoms with E-state index in [1.54, 1.807) is 0 Å². The third kappa shape index (κ3) is 5.64. The van der Waals surface area contributed by atoms with Gasteiger partial charge in [0.05, 0.1) is 0 Å². The fraction of sp³-hybridized carbons (Fsp3) is 0.900. The Hall–Kier alpha value is -0.570. The lowest BCUT2D eigenvalue weighted by Crippen LogP contribution is -2.34. The van der Waals surface area contributed by atoms with E-state index in [1.807, 2.05) is 11.8 Å². The van der Waals surface area contributed by atoms with Crippen LogP contribution in [0.2, 0.25) is 0 Å². The van der Waals surface area contributed by atoms with Crippen molar-refractivity contribution in [3.63, 3.8) is 0 Å². The second kappa shape index (κ2) is 8.05. The minimum atomic E-state index is 0.251. The SMILES string of the molecule is CCCCCC(=O)N(CC)CCN. The number of likely N-dealkylation sites (N-methyl/N-ethyl adjacent to an activating group) is 1. The molecule has 0 saturated heterocycles. The predicted octanol–water partition coefficient (Wildman–Crippen LogP) is 1.37. The van der Waals surface area contributed by atoms with Gasteiger partial charge in [-0.15, -0.1) is 0 Å².